The maximum atomic E-state index is 5.28. The van der Waals surface area contributed by atoms with Gasteiger partial charge in [-0.25, -0.2) is 30.0 Å². The van der Waals surface area contributed by atoms with E-state index in [1.807, 2.05) is 12.1 Å². The fraction of sp³-hybridized carbons (Fsp3) is 0.0909. The average molecular weight is 529 g/mol. The van der Waals surface area contributed by atoms with Crippen LogP contribution in [0.15, 0.2) is 127 Å². The highest BCUT2D eigenvalue weighted by atomic mass is 15.3. The maximum Gasteiger partial charge on any atom is 0.164 e. The van der Waals surface area contributed by atoms with Crippen LogP contribution in [-0.2, 0) is 6.67 Å². The molecule has 4 aliphatic heterocycles. The van der Waals surface area contributed by atoms with Crippen LogP contribution in [0.4, 0.5) is 11.6 Å². The Morgan fingerprint density at radius 1 is 0.488 bits per heavy atom. The van der Waals surface area contributed by atoms with Crippen LogP contribution in [0.1, 0.15) is 11.1 Å². The Morgan fingerprint density at radius 2 is 1.02 bits per heavy atom. The fourth-order valence-corrected chi connectivity index (χ4v) is 6.67. The number of benzene rings is 3. The van der Waals surface area contributed by atoms with Gasteiger partial charge in [-0.05, 0) is 0 Å². The Hall–Kier alpha value is -5.50. The molecule has 1 aliphatic carbocycles. The molecule has 0 spiro atoms. The highest BCUT2D eigenvalue weighted by molar-refractivity contribution is 6.23. The molecule has 0 saturated carbocycles. The summed E-state index contributed by atoms with van der Waals surface area (Å²) in [6, 6.07) is 24.9. The van der Waals surface area contributed by atoms with E-state index in [2.05, 4.69) is 94.1 Å². The van der Waals surface area contributed by atoms with Crippen molar-refractivity contribution < 1.29 is 0 Å². The first-order valence-corrected chi connectivity index (χ1v) is 13.8. The number of fused-ring (bicyclic) bond motifs is 14. The second kappa shape index (κ2) is 7.57. The third-order valence-electron chi connectivity index (χ3n) is 8.57. The van der Waals surface area contributed by atoms with Gasteiger partial charge in [0.2, 0.25) is 0 Å². The lowest BCUT2D eigenvalue weighted by atomic mass is 9.89. The molecule has 0 N–H and O–H groups in total. The van der Waals surface area contributed by atoms with E-state index in [0.717, 1.165) is 67.0 Å². The maximum absolute atomic E-state index is 5.28. The Bertz CT molecular complexity index is 2350. The summed E-state index contributed by atoms with van der Waals surface area (Å²) < 4.78 is 4.36. The van der Waals surface area contributed by atoms with Gasteiger partial charge in [-0.2, -0.15) is 0 Å². The van der Waals surface area contributed by atoms with Crippen LogP contribution in [0.3, 0.4) is 0 Å². The van der Waals surface area contributed by atoms with Crippen molar-refractivity contribution in [3.05, 3.63) is 119 Å². The van der Waals surface area contributed by atoms with E-state index in [-0.39, 0.29) is 11.8 Å². The van der Waals surface area contributed by atoms with Crippen LogP contribution in [0, 0.1) is 11.8 Å². The van der Waals surface area contributed by atoms with Gasteiger partial charge in [0.1, 0.15) is 41.0 Å². The molecule has 3 aromatic carbocycles. The summed E-state index contributed by atoms with van der Waals surface area (Å²) in [5, 5.41) is 4.09. The number of aromatic nitrogens is 2. The van der Waals surface area contributed by atoms with Gasteiger partial charge in [0.15, 0.2) is 11.7 Å². The SMILES string of the molecule is C1=CC2C3=NC(=Nc4c5ccccc5c5n4Cn4c(c6ccccc6c4=N3)=NC3=NC(=N5)c4ccccc43)C2C=C1. The minimum Gasteiger partial charge on any atom is -0.291 e. The minimum absolute atomic E-state index is 0.0247. The predicted molar refractivity (Wildman–Crippen MR) is 161 cm³/mol. The molecule has 0 radical (unpaired) electrons. The second-order valence-electron chi connectivity index (χ2n) is 10.8. The van der Waals surface area contributed by atoms with E-state index in [0.29, 0.717) is 18.3 Å². The van der Waals surface area contributed by atoms with Crippen LogP contribution in [0.25, 0.3) is 21.5 Å². The van der Waals surface area contributed by atoms with Gasteiger partial charge >= 0.3 is 0 Å². The summed E-state index contributed by atoms with van der Waals surface area (Å²) in [6.45, 7) is 0.442. The lowest BCUT2D eigenvalue weighted by Gasteiger charge is -2.15. The topological polar surface area (TPSA) is 84.0 Å². The smallest absolute Gasteiger partial charge is 0.164 e. The van der Waals surface area contributed by atoms with Gasteiger partial charge in [-0.3, -0.25) is 9.13 Å². The Labute approximate surface area is 233 Å². The molecule has 5 aromatic rings. The second-order valence-corrected chi connectivity index (χ2v) is 10.8. The predicted octanol–water partition coefficient (Wildman–Crippen LogP) is 5.01. The van der Waals surface area contributed by atoms with Crippen molar-refractivity contribution >= 4 is 56.5 Å². The molecule has 0 saturated heterocycles. The number of aliphatic imine (C=N–C) groups is 4. The van der Waals surface area contributed by atoms with Gasteiger partial charge < -0.3 is 0 Å². The van der Waals surface area contributed by atoms with Crippen LogP contribution in [-0.4, -0.2) is 32.5 Å². The highest BCUT2D eigenvalue weighted by Crippen LogP contribution is 2.41. The molecule has 6 bridgehead atoms. The lowest BCUT2D eigenvalue weighted by molar-refractivity contribution is 0.583. The van der Waals surface area contributed by atoms with Crippen molar-refractivity contribution in [1.82, 2.24) is 9.13 Å². The molecule has 10 rings (SSSR count). The molecule has 0 amide bonds. The van der Waals surface area contributed by atoms with Crippen LogP contribution >= 0.6 is 0 Å². The molecule has 2 aromatic heterocycles. The monoisotopic (exact) mass is 528 g/mol. The van der Waals surface area contributed by atoms with E-state index in [9.17, 15) is 0 Å². The van der Waals surface area contributed by atoms with Gasteiger partial charge in [0, 0.05) is 32.7 Å². The quantitative estimate of drug-likeness (QED) is 0.271. The normalized spacial score (nSPS) is 20.9. The van der Waals surface area contributed by atoms with Crippen molar-refractivity contribution in [2.24, 2.45) is 41.8 Å². The summed E-state index contributed by atoms with van der Waals surface area (Å²) in [6.07, 6.45) is 8.52. The number of hydrogen-bond donors (Lipinski definition) is 0. The Balaban J connectivity index is 1.45. The number of allylic oxidation sites excluding steroid dienone is 2. The molecular formula is C33H20N8. The lowest BCUT2D eigenvalue weighted by Crippen LogP contribution is -2.32. The van der Waals surface area contributed by atoms with Crippen molar-refractivity contribution in [2.75, 3.05) is 0 Å². The van der Waals surface area contributed by atoms with Gasteiger partial charge in [0.05, 0.1) is 11.8 Å². The minimum atomic E-state index is 0.0247. The van der Waals surface area contributed by atoms with Crippen molar-refractivity contribution in [1.29, 1.82) is 0 Å². The molecule has 0 fully saturated rings. The zero-order valence-corrected chi connectivity index (χ0v) is 21.7. The Morgan fingerprint density at radius 3 is 1.71 bits per heavy atom. The van der Waals surface area contributed by atoms with E-state index in [1.165, 1.54) is 0 Å². The van der Waals surface area contributed by atoms with Crippen molar-refractivity contribution in [3.63, 3.8) is 0 Å². The molecular weight excluding hydrogens is 508 g/mol. The number of rotatable bonds is 0. The van der Waals surface area contributed by atoms with E-state index in [4.69, 9.17) is 30.0 Å². The van der Waals surface area contributed by atoms with Gasteiger partial charge in [-0.15, -0.1) is 0 Å². The third kappa shape index (κ3) is 2.78. The standard InChI is InChI=1S/C33H20N8/c1-2-10-19-18(9-1)26-34-27(19)37-31-24-15-7-8-16-25(24)33-39-29-21-12-4-3-11-20(21)28(35-29)38-32-23-14-6-5-13-22(23)30(36-26)40(32)17-41(31)33/h1-16,18-19H,17H2. The third-order valence-corrected chi connectivity index (χ3v) is 8.57. The zero-order valence-electron chi connectivity index (χ0n) is 21.7. The first-order valence-electron chi connectivity index (χ1n) is 13.8. The molecule has 6 heterocycles. The van der Waals surface area contributed by atoms with Crippen LogP contribution in [0.5, 0.6) is 0 Å². The first-order chi connectivity index (χ1) is 20.3. The summed E-state index contributed by atoms with van der Waals surface area (Å²) in [7, 11) is 0. The van der Waals surface area contributed by atoms with Crippen LogP contribution in [0.2, 0.25) is 0 Å². The van der Waals surface area contributed by atoms with Gasteiger partial charge in [-0.1, -0.05) is 97.1 Å². The van der Waals surface area contributed by atoms with E-state index in [1.54, 1.807) is 0 Å². The zero-order chi connectivity index (χ0) is 26.7. The average Bonchev–Trinajstić information content (AvgIpc) is 3.72. The molecule has 2 atom stereocenters. The molecule has 192 valence electrons. The molecule has 5 aliphatic rings. The molecule has 8 heteroatoms. The van der Waals surface area contributed by atoms with Gasteiger partial charge in [0.25, 0.3) is 0 Å². The van der Waals surface area contributed by atoms with Crippen LogP contribution < -0.4 is 11.0 Å². The molecule has 41 heavy (non-hydrogen) atoms. The van der Waals surface area contributed by atoms with Crippen molar-refractivity contribution in [3.8, 4) is 0 Å². The number of hydrogen-bond acceptors (Lipinski definition) is 6. The summed E-state index contributed by atoms with van der Waals surface area (Å²) in [4.78, 5) is 31.1. The first kappa shape index (κ1) is 21.3. The molecule has 2 unspecified atom stereocenters. The van der Waals surface area contributed by atoms with E-state index < -0.39 is 0 Å². The fourth-order valence-electron chi connectivity index (χ4n) is 6.67. The largest absolute Gasteiger partial charge is 0.291 e. The molecule has 8 nitrogen and oxygen atoms in total. The summed E-state index contributed by atoms with van der Waals surface area (Å²) in [5.41, 5.74) is 3.58. The Kier molecular flexibility index (Phi) is 3.94. The highest BCUT2D eigenvalue weighted by Gasteiger charge is 2.36. The van der Waals surface area contributed by atoms with Crippen molar-refractivity contribution in [2.45, 2.75) is 6.67 Å². The summed E-state index contributed by atoms with van der Waals surface area (Å²) >= 11 is 0. The number of amidine groups is 4. The summed E-state index contributed by atoms with van der Waals surface area (Å²) in [5.74, 6) is 4.54. The van der Waals surface area contributed by atoms with E-state index >= 15 is 0 Å². The number of nitrogens with zero attached hydrogens (tertiary/aromatic N) is 8.